The molecule has 1 aromatic carbocycles. The molecule has 0 saturated carbocycles. The van der Waals surface area contributed by atoms with E-state index in [4.69, 9.17) is 5.73 Å². The minimum Gasteiger partial charge on any atom is -0.382 e. The van der Waals surface area contributed by atoms with Crippen molar-refractivity contribution in [3.8, 4) is 0 Å². The summed E-state index contributed by atoms with van der Waals surface area (Å²) < 4.78 is 0. The number of nitrogens with one attached hydrogen (secondary N) is 2. The third kappa shape index (κ3) is 4.76. The lowest BCUT2D eigenvalue weighted by Crippen LogP contribution is -2.46. The van der Waals surface area contributed by atoms with Crippen molar-refractivity contribution in [2.24, 2.45) is 0 Å². The highest BCUT2D eigenvalue weighted by Crippen LogP contribution is 2.12. The molecule has 2 aromatic rings. The topological polar surface area (TPSA) is 113 Å². The molecule has 3 rings (SSSR count). The highest BCUT2D eigenvalue weighted by Gasteiger charge is 2.23. The number of likely N-dealkylation sites (tertiary alicyclic amines) is 1. The lowest BCUT2D eigenvalue weighted by Gasteiger charge is -2.31. The number of benzene rings is 1. The molecule has 0 atom stereocenters. The number of hydrogen-bond donors (Lipinski definition) is 3. The molecule has 1 saturated heterocycles. The van der Waals surface area contributed by atoms with Crippen LogP contribution in [0, 0.1) is 0 Å². The van der Waals surface area contributed by atoms with E-state index < -0.39 is 0 Å². The second kappa shape index (κ2) is 8.39. The van der Waals surface area contributed by atoms with E-state index in [1.54, 1.807) is 0 Å². The molecular formula is C18H22N6O2. The Labute approximate surface area is 151 Å². The molecule has 0 bridgehead atoms. The second-order valence-corrected chi connectivity index (χ2v) is 6.23. The molecule has 8 heteroatoms. The summed E-state index contributed by atoms with van der Waals surface area (Å²) >= 11 is 0. The number of carbonyl (C=O) groups is 2. The Kier molecular flexibility index (Phi) is 5.75. The molecule has 1 aromatic heterocycles. The Balaban J connectivity index is 1.43. The standard InChI is InChI=1S/C18H22N6O2/c19-17-16(20-8-9-21-17)18(26)23-14-6-10-24(11-7-14)12-15(25)22-13-4-2-1-3-5-13/h1-5,8-9,14H,6-7,10-12H2,(H2,19,21)(H,22,25)(H,23,26). The van der Waals surface area contributed by atoms with Gasteiger partial charge in [0.15, 0.2) is 11.5 Å². The Hall–Kier alpha value is -3.00. The number of carbonyl (C=O) groups excluding carboxylic acids is 2. The monoisotopic (exact) mass is 354 g/mol. The molecular weight excluding hydrogens is 332 g/mol. The van der Waals surface area contributed by atoms with Crippen molar-refractivity contribution in [1.82, 2.24) is 20.2 Å². The minimum absolute atomic E-state index is 0.0361. The van der Waals surface area contributed by atoms with Crippen LogP contribution in [0.2, 0.25) is 0 Å². The first-order valence-corrected chi connectivity index (χ1v) is 8.56. The van der Waals surface area contributed by atoms with Gasteiger partial charge in [-0.3, -0.25) is 14.5 Å². The van der Waals surface area contributed by atoms with Gasteiger partial charge < -0.3 is 16.4 Å². The summed E-state index contributed by atoms with van der Waals surface area (Å²) in [4.78, 5) is 34.3. The van der Waals surface area contributed by atoms with Crippen molar-refractivity contribution in [2.75, 3.05) is 30.7 Å². The number of anilines is 2. The summed E-state index contributed by atoms with van der Waals surface area (Å²) in [6.07, 6.45) is 4.43. The number of nitrogens with two attached hydrogens (primary N) is 1. The Bertz CT molecular complexity index is 759. The Morgan fingerprint density at radius 1 is 1.12 bits per heavy atom. The fourth-order valence-electron chi connectivity index (χ4n) is 2.94. The zero-order chi connectivity index (χ0) is 18.4. The quantitative estimate of drug-likeness (QED) is 0.735. The molecule has 26 heavy (non-hydrogen) atoms. The molecule has 2 heterocycles. The third-order valence-corrected chi connectivity index (χ3v) is 4.29. The first kappa shape index (κ1) is 17.8. The number of rotatable bonds is 5. The average molecular weight is 354 g/mol. The van der Waals surface area contributed by atoms with E-state index in [9.17, 15) is 9.59 Å². The summed E-state index contributed by atoms with van der Waals surface area (Å²) in [7, 11) is 0. The van der Waals surface area contributed by atoms with Crippen LogP contribution in [0.4, 0.5) is 11.5 Å². The number of nitrogens with zero attached hydrogens (tertiary/aromatic N) is 3. The number of amides is 2. The molecule has 8 nitrogen and oxygen atoms in total. The summed E-state index contributed by atoms with van der Waals surface area (Å²) in [6.45, 7) is 1.82. The van der Waals surface area contributed by atoms with Crippen LogP contribution < -0.4 is 16.4 Å². The van der Waals surface area contributed by atoms with Crippen molar-refractivity contribution >= 4 is 23.3 Å². The Morgan fingerprint density at radius 3 is 2.50 bits per heavy atom. The maximum absolute atomic E-state index is 12.2. The number of piperidine rings is 1. The van der Waals surface area contributed by atoms with Crippen molar-refractivity contribution in [3.63, 3.8) is 0 Å². The van der Waals surface area contributed by atoms with Crippen LogP contribution in [0.1, 0.15) is 23.3 Å². The van der Waals surface area contributed by atoms with Crippen molar-refractivity contribution in [3.05, 3.63) is 48.4 Å². The highest BCUT2D eigenvalue weighted by atomic mass is 16.2. The number of nitrogen functional groups attached to an aromatic ring is 1. The van der Waals surface area contributed by atoms with Crippen molar-refractivity contribution in [2.45, 2.75) is 18.9 Å². The van der Waals surface area contributed by atoms with Crippen molar-refractivity contribution in [1.29, 1.82) is 0 Å². The third-order valence-electron chi connectivity index (χ3n) is 4.29. The van der Waals surface area contributed by atoms with E-state index >= 15 is 0 Å². The van der Waals surface area contributed by atoms with Crippen LogP contribution >= 0.6 is 0 Å². The molecule has 0 unspecified atom stereocenters. The van der Waals surface area contributed by atoms with E-state index in [1.807, 2.05) is 30.3 Å². The first-order chi connectivity index (χ1) is 12.6. The van der Waals surface area contributed by atoms with Gasteiger partial charge >= 0.3 is 0 Å². The van der Waals surface area contributed by atoms with E-state index in [0.717, 1.165) is 31.6 Å². The smallest absolute Gasteiger partial charge is 0.273 e. The number of aromatic nitrogens is 2. The van der Waals surface area contributed by atoms with Crippen LogP contribution in [0.15, 0.2) is 42.7 Å². The summed E-state index contributed by atoms with van der Waals surface area (Å²) in [5.41, 5.74) is 6.62. The molecule has 1 aliphatic heterocycles. The molecule has 0 radical (unpaired) electrons. The maximum Gasteiger partial charge on any atom is 0.273 e. The van der Waals surface area contributed by atoms with Crippen LogP contribution in [-0.4, -0.2) is 52.4 Å². The molecule has 0 aliphatic carbocycles. The van der Waals surface area contributed by atoms with Gasteiger partial charge in [-0.25, -0.2) is 9.97 Å². The van der Waals surface area contributed by atoms with Gasteiger partial charge in [0.25, 0.3) is 5.91 Å². The van der Waals surface area contributed by atoms with Gasteiger partial charge in [0.1, 0.15) is 0 Å². The second-order valence-electron chi connectivity index (χ2n) is 6.23. The van der Waals surface area contributed by atoms with Crippen LogP contribution in [0.5, 0.6) is 0 Å². The molecule has 2 amide bonds. The van der Waals surface area contributed by atoms with Gasteiger partial charge in [-0.05, 0) is 25.0 Å². The summed E-state index contributed by atoms with van der Waals surface area (Å²) in [5, 5.41) is 5.82. The zero-order valence-corrected chi connectivity index (χ0v) is 14.4. The lowest BCUT2D eigenvalue weighted by atomic mass is 10.0. The lowest BCUT2D eigenvalue weighted by molar-refractivity contribution is -0.117. The number of hydrogen-bond acceptors (Lipinski definition) is 6. The predicted molar refractivity (Wildman–Crippen MR) is 98.4 cm³/mol. The van der Waals surface area contributed by atoms with Gasteiger partial charge in [0, 0.05) is 37.2 Å². The zero-order valence-electron chi connectivity index (χ0n) is 14.4. The molecule has 4 N–H and O–H groups in total. The SMILES string of the molecule is Nc1nccnc1C(=O)NC1CCN(CC(=O)Nc2ccccc2)CC1. The first-order valence-electron chi connectivity index (χ1n) is 8.56. The van der Waals surface area contributed by atoms with Gasteiger partial charge in [-0.1, -0.05) is 18.2 Å². The fraction of sp³-hybridized carbons (Fsp3) is 0.333. The van der Waals surface area contributed by atoms with Crippen LogP contribution in [0.25, 0.3) is 0 Å². The summed E-state index contributed by atoms with van der Waals surface area (Å²) in [5.74, 6) is -0.220. The van der Waals surface area contributed by atoms with Gasteiger partial charge in [0.05, 0.1) is 6.54 Å². The molecule has 1 fully saturated rings. The van der Waals surface area contributed by atoms with Crippen LogP contribution in [0.3, 0.4) is 0 Å². The van der Waals surface area contributed by atoms with Gasteiger partial charge in [-0.2, -0.15) is 0 Å². The van der Waals surface area contributed by atoms with E-state index in [1.165, 1.54) is 12.4 Å². The van der Waals surface area contributed by atoms with E-state index in [0.29, 0.717) is 6.54 Å². The normalized spacial score (nSPS) is 15.4. The molecule has 136 valence electrons. The largest absolute Gasteiger partial charge is 0.382 e. The molecule has 0 spiro atoms. The summed E-state index contributed by atoms with van der Waals surface area (Å²) in [6, 6.07) is 9.43. The minimum atomic E-state index is -0.309. The van der Waals surface area contributed by atoms with Crippen LogP contribution in [-0.2, 0) is 4.79 Å². The van der Waals surface area contributed by atoms with Gasteiger partial charge in [-0.15, -0.1) is 0 Å². The maximum atomic E-state index is 12.2. The predicted octanol–water partition coefficient (Wildman–Crippen LogP) is 0.892. The van der Waals surface area contributed by atoms with E-state index in [-0.39, 0.29) is 29.4 Å². The van der Waals surface area contributed by atoms with Crippen molar-refractivity contribution < 1.29 is 9.59 Å². The average Bonchev–Trinajstić information content (AvgIpc) is 2.64. The van der Waals surface area contributed by atoms with E-state index in [2.05, 4.69) is 25.5 Å². The highest BCUT2D eigenvalue weighted by molar-refractivity contribution is 5.96. The number of para-hydroxylation sites is 1. The Morgan fingerprint density at radius 2 is 1.81 bits per heavy atom. The fourth-order valence-corrected chi connectivity index (χ4v) is 2.94. The molecule has 1 aliphatic rings. The van der Waals surface area contributed by atoms with Gasteiger partial charge in [0.2, 0.25) is 5.91 Å².